The minimum Gasteiger partial charge on any atom is -0.465 e. The molecule has 0 saturated carbocycles. The van der Waals surface area contributed by atoms with Gasteiger partial charge >= 0.3 is 5.97 Å². The summed E-state index contributed by atoms with van der Waals surface area (Å²) in [5.74, 6) is 0.0360. The lowest BCUT2D eigenvalue weighted by molar-refractivity contribution is -0.144. The Morgan fingerprint density at radius 2 is 2.28 bits per heavy atom. The van der Waals surface area contributed by atoms with Crippen LogP contribution in [0.5, 0.6) is 0 Å². The molecule has 0 spiro atoms. The molecule has 0 amide bonds. The average Bonchev–Trinajstić information content (AvgIpc) is 2.65. The van der Waals surface area contributed by atoms with Gasteiger partial charge in [-0.05, 0) is 32.0 Å². The van der Waals surface area contributed by atoms with E-state index in [9.17, 15) is 4.79 Å². The molecule has 0 aliphatic rings. The summed E-state index contributed by atoms with van der Waals surface area (Å²) in [6.45, 7) is 3.96. The summed E-state index contributed by atoms with van der Waals surface area (Å²) in [5, 5.41) is 0.635. The van der Waals surface area contributed by atoms with Crippen LogP contribution in [0.2, 0.25) is 5.02 Å². The van der Waals surface area contributed by atoms with Crippen LogP contribution in [0.1, 0.15) is 25.6 Å². The van der Waals surface area contributed by atoms with Gasteiger partial charge in [0.1, 0.15) is 11.7 Å². The second kappa shape index (κ2) is 4.98. The fraction of sp³-hybridized carbons (Fsp3) is 0.385. The molecule has 0 aliphatic carbocycles. The van der Waals surface area contributed by atoms with E-state index in [1.54, 1.807) is 19.9 Å². The van der Waals surface area contributed by atoms with Crippen molar-refractivity contribution < 1.29 is 9.53 Å². The van der Waals surface area contributed by atoms with Gasteiger partial charge in [-0.2, -0.15) is 0 Å². The number of nitrogens with zero attached hydrogens (tertiary/aromatic N) is 2. The van der Waals surface area contributed by atoms with Gasteiger partial charge in [-0.25, -0.2) is 4.98 Å². The molecule has 1 unspecified atom stereocenters. The topological polar surface area (TPSA) is 44.1 Å². The molecule has 5 heteroatoms. The molecule has 4 nitrogen and oxygen atoms in total. The smallest absolute Gasteiger partial charge is 0.316 e. The van der Waals surface area contributed by atoms with Crippen LogP contribution >= 0.6 is 11.6 Å². The Balaban J connectivity index is 2.45. The molecule has 1 aromatic carbocycles. The van der Waals surface area contributed by atoms with Gasteiger partial charge in [-0.15, -0.1) is 0 Å². The maximum absolute atomic E-state index is 11.7. The molecule has 0 aliphatic heterocycles. The third-order valence-electron chi connectivity index (χ3n) is 2.90. The van der Waals surface area contributed by atoms with Crippen molar-refractivity contribution in [3.63, 3.8) is 0 Å². The Bertz CT molecular complexity index is 592. The number of aryl methyl sites for hydroxylation is 1. The van der Waals surface area contributed by atoms with Crippen molar-refractivity contribution in [2.45, 2.75) is 19.8 Å². The molecule has 2 rings (SSSR count). The molecule has 0 N–H and O–H groups in total. The van der Waals surface area contributed by atoms with Gasteiger partial charge in [-0.1, -0.05) is 11.6 Å². The van der Waals surface area contributed by atoms with E-state index in [0.29, 0.717) is 17.5 Å². The Labute approximate surface area is 111 Å². The lowest BCUT2D eigenvalue weighted by Gasteiger charge is -2.10. The first-order chi connectivity index (χ1) is 8.54. The lowest BCUT2D eigenvalue weighted by Crippen LogP contribution is -2.16. The molecular formula is C13H15ClN2O2. The van der Waals surface area contributed by atoms with Crippen LogP contribution in [-0.4, -0.2) is 22.1 Å². The fourth-order valence-corrected chi connectivity index (χ4v) is 2.12. The molecule has 2 aromatic rings. The molecule has 18 heavy (non-hydrogen) atoms. The first kappa shape index (κ1) is 12.9. The summed E-state index contributed by atoms with van der Waals surface area (Å²) < 4.78 is 6.91. The molecular weight excluding hydrogens is 252 g/mol. The second-order valence-corrected chi connectivity index (χ2v) is 4.57. The Kier molecular flexibility index (Phi) is 3.57. The highest BCUT2D eigenvalue weighted by Gasteiger charge is 2.22. The van der Waals surface area contributed by atoms with Crippen LogP contribution < -0.4 is 0 Å². The molecule has 96 valence electrons. The molecule has 0 saturated heterocycles. The van der Waals surface area contributed by atoms with Gasteiger partial charge in [0.2, 0.25) is 0 Å². The van der Waals surface area contributed by atoms with Crippen molar-refractivity contribution in [1.29, 1.82) is 0 Å². The highest BCUT2D eigenvalue weighted by molar-refractivity contribution is 6.31. The number of hydrogen-bond donors (Lipinski definition) is 0. The van der Waals surface area contributed by atoms with Crippen LogP contribution in [0, 0.1) is 0 Å². The van der Waals surface area contributed by atoms with Gasteiger partial charge in [0, 0.05) is 12.1 Å². The van der Waals surface area contributed by atoms with E-state index >= 15 is 0 Å². The molecule has 0 radical (unpaired) electrons. The number of fused-ring (bicyclic) bond motifs is 1. The van der Waals surface area contributed by atoms with Gasteiger partial charge in [0.05, 0.1) is 17.6 Å². The summed E-state index contributed by atoms with van der Waals surface area (Å²) >= 11 is 5.93. The lowest BCUT2D eigenvalue weighted by atomic mass is 10.2. The van der Waals surface area contributed by atoms with Crippen LogP contribution in [0.3, 0.4) is 0 Å². The van der Waals surface area contributed by atoms with Gasteiger partial charge in [0.25, 0.3) is 0 Å². The van der Waals surface area contributed by atoms with Crippen molar-refractivity contribution in [2.75, 3.05) is 6.61 Å². The van der Waals surface area contributed by atoms with Crippen molar-refractivity contribution >= 4 is 28.6 Å². The van der Waals surface area contributed by atoms with Crippen LogP contribution in [0.15, 0.2) is 18.2 Å². The molecule has 1 atom stereocenters. The number of benzene rings is 1. The Morgan fingerprint density at radius 3 is 2.94 bits per heavy atom. The zero-order valence-electron chi connectivity index (χ0n) is 10.6. The number of halogens is 1. The summed E-state index contributed by atoms with van der Waals surface area (Å²) in [7, 11) is 1.88. The number of rotatable bonds is 3. The van der Waals surface area contributed by atoms with E-state index in [4.69, 9.17) is 16.3 Å². The second-order valence-electron chi connectivity index (χ2n) is 4.14. The van der Waals surface area contributed by atoms with Gasteiger partial charge in [-0.3, -0.25) is 4.79 Å². The molecule has 0 fully saturated rings. The monoisotopic (exact) mass is 266 g/mol. The van der Waals surface area contributed by atoms with Gasteiger partial charge in [0.15, 0.2) is 0 Å². The zero-order chi connectivity index (χ0) is 13.3. The standard InChI is InChI=1S/C13H15ClN2O2/c1-4-18-13(17)8(2)12-15-10-7-9(14)5-6-11(10)16(12)3/h5-8H,4H2,1-3H3. The number of hydrogen-bond acceptors (Lipinski definition) is 3. The van der Waals surface area contributed by atoms with Crippen molar-refractivity contribution in [1.82, 2.24) is 9.55 Å². The highest BCUT2D eigenvalue weighted by atomic mass is 35.5. The Morgan fingerprint density at radius 1 is 1.56 bits per heavy atom. The molecule has 0 bridgehead atoms. The van der Waals surface area contributed by atoms with E-state index in [-0.39, 0.29) is 11.9 Å². The SMILES string of the molecule is CCOC(=O)C(C)c1nc2cc(Cl)ccc2n1C. The number of imidazole rings is 1. The number of aromatic nitrogens is 2. The van der Waals surface area contributed by atoms with E-state index in [0.717, 1.165) is 11.0 Å². The number of carbonyl (C=O) groups is 1. The predicted octanol–water partition coefficient (Wildman–Crippen LogP) is 2.89. The van der Waals surface area contributed by atoms with Crippen LogP contribution in [0.25, 0.3) is 11.0 Å². The van der Waals surface area contributed by atoms with Gasteiger partial charge < -0.3 is 9.30 Å². The highest BCUT2D eigenvalue weighted by Crippen LogP contribution is 2.24. The third kappa shape index (κ3) is 2.20. The maximum Gasteiger partial charge on any atom is 0.316 e. The summed E-state index contributed by atoms with van der Waals surface area (Å²) in [5.41, 5.74) is 1.74. The maximum atomic E-state index is 11.7. The summed E-state index contributed by atoms with van der Waals surface area (Å²) in [4.78, 5) is 16.2. The number of ether oxygens (including phenoxy) is 1. The minimum absolute atomic E-state index is 0.262. The fourth-order valence-electron chi connectivity index (χ4n) is 1.95. The largest absolute Gasteiger partial charge is 0.465 e. The van der Waals surface area contributed by atoms with Crippen LogP contribution in [0.4, 0.5) is 0 Å². The first-order valence-electron chi connectivity index (χ1n) is 5.83. The van der Waals surface area contributed by atoms with E-state index in [1.165, 1.54) is 0 Å². The van der Waals surface area contributed by atoms with E-state index in [2.05, 4.69) is 4.98 Å². The normalized spacial score (nSPS) is 12.7. The molecule has 1 aromatic heterocycles. The Hall–Kier alpha value is -1.55. The molecule has 1 heterocycles. The quantitative estimate of drug-likeness (QED) is 0.803. The van der Waals surface area contributed by atoms with Crippen LogP contribution in [-0.2, 0) is 16.6 Å². The van der Waals surface area contributed by atoms with E-state index < -0.39 is 0 Å². The first-order valence-corrected chi connectivity index (χ1v) is 6.21. The minimum atomic E-state index is -0.388. The van der Waals surface area contributed by atoms with Crippen molar-refractivity contribution in [2.24, 2.45) is 7.05 Å². The predicted molar refractivity (Wildman–Crippen MR) is 70.8 cm³/mol. The zero-order valence-corrected chi connectivity index (χ0v) is 11.4. The van der Waals surface area contributed by atoms with Crippen molar-refractivity contribution in [3.8, 4) is 0 Å². The summed E-state index contributed by atoms with van der Waals surface area (Å²) in [6, 6.07) is 5.49. The third-order valence-corrected chi connectivity index (χ3v) is 3.14. The van der Waals surface area contributed by atoms with Crippen molar-refractivity contribution in [3.05, 3.63) is 29.0 Å². The van der Waals surface area contributed by atoms with E-state index in [1.807, 2.05) is 23.7 Å². The average molecular weight is 267 g/mol. The summed E-state index contributed by atoms with van der Waals surface area (Å²) in [6.07, 6.45) is 0. The number of carbonyl (C=O) groups excluding carboxylic acids is 1. The number of esters is 1.